The zero-order chi connectivity index (χ0) is 14.0. The van der Waals surface area contributed by atoms with Crippen molar-refractivity contribution in [3.8, 4) is 11.4 Å². The minimum atomic E-state index is -1.03. The summed E-state index contributed by atoms with van der Waals surface area (Å²) in [5.41, 5.74) is 2.19. The van der Waals surface area contributed by atoms with Gasteiger partial charge >= 0.3 is 5.97 Å². The van der Waals surface area contributed by atoms with Crippen LogP contribution in [-0.4, -0.2) is 26.0 Å². The van der Waals surface area contributed by atoms with Gasteiger partial charge in [0, 0.05) is 6.07 Å². The smallest absolute Gasteiger partial charge is 0.339 e. The van der Waals surface area contributed by atoms with E-state index in [1.165, 1.54) is 16.9 Å². The monoisotopic (exact) mass is 258 g/mol. The SMILES string of the molecule is CC(C)=Cc1c(C(=O)O)cnn1-c1cccc(O)c1. The Kier molecular flexibility index (Phi) is 3.37. The first kappa shape index (κ1) is 12.9. The summed E-state index contributed by atoms with van der Waals surface area (Å²) in [7, 11) is 0. The van der Waals surface area contributed by atoms with Crippen molar-refractivity contribution in [2.24, 2.45) is 0 Å². The summed E-state index contributed by atoms with van der Waals surface area (Å²) < 4.78 is 1.50. The molecular weight excluding hydrogens is 244 g/mol. The predicted octanol–water partition coefficient (Wildman–Crippen LogP) is 2.70. The van der Waals surface area contributed by atoms with Gasteiger partial charge in [-0.15, -0.1) is 0 Å². The van der Waals surface area contributed by atoms with Gasteiger partial charge in [-0.3, -0.25) is 0 Å². The maximum atomic E-state index is 11.2. The summed E-state index contributed by atoms with van der Waals surface area (Å²) in [5, 5.41) is 22.7. The Labute approximate surface area is 110 Å². The molecule has 1 aromatic carbocycles. The molecule has 0 saturated heterocycles. The van der Waals surface area contributed by atoms with Gasteiger partial charge in [-0.25, -0.2) is 9.48 Å². The summed E-state index contributed by atoms with van der Waals surface area (Å²) in [6.45, 7) is 3.76. The van der Waals surface area contributed by atoms with Crippen molar-refractivity contribution in [1.82, 2.24) is 9.78 Å². The molecule has 0 amide bonds. The Morgan fingerprint density at radius 3 is 2.68 bits per heavy atom. The lowest BCUT2D eigenvalue weighted by Gasteiger charge is -2.06. The predicted molar refractivity (Wildman–Crippen MR) is 71.5 cm³/mol. The van der Waals surface area contributed by atoms with Crippen molar-refractivity contribution < 1.29 is 15.0 Å². The number of aromatic nitrogens is 2. The van der Waals surface area contributed by atoms with E-state index in [2.05, 4.69) is 5.10 Å². The van der Waals surface area contributed by atoms with Gasteiger partial charge in [-0.1, -0.05) is 11.6 Å². The number of aromatic carboxylic acids is 1. The molecule has 0 aliphatic rings. The first-order chi connectivity index (χ1) is 8.99. The second kappa shape index (κ2) is 4.97. The lowest BCUT2D eigenvalue weighted by molar-refractivity contribution is 0.0696. The molecule has 0 aliphatic carbocycles. The molecule has 0 saturated carbocycles. The van der Waals surface area contributed by atoms with Crippen LogP contribution in [0.3, 0.4) is 0 Å². The van der Waals surface area contributed by atoms with Crippen molar-refractivity contribution in [3.63, 3.8) is 0 Å². The molecule has 2 N–H and O–H groups in total. The first-order valence-electron chi connectivity index (χ1n) is 5.74. The fraction of sp³-hybridized carbons (Fsp3) is 0.143. The number of hydrogen-bond acceptors (Lipinski definition) is 3. The zero-order valence-electron chi connectivity index (χ0n) is 10.7. The van der Waals surface area contributed by atoms with Gasteiger partial charge in [-0.05, 0) is 32.1 Å². The molecule has 0 radical (unpaired) electrons. The highest BCUT2D eigenvalue weighted by atomic mass is 16.4. The van der Waals surface area contributed by atoms with E-state index in [1.807, 2.05) is 13.8 Å². The van der Waals surface area contributed by atoms with E-state index in [0.717, 1.165) is 5.57 Å². The van der Waals surface area contributed by atoms with Crippen LogP contribution in [0.2, 0.25) is 0 Å². The second-order valence-corrected chi connectivity index (χ2v) is 4.40. The van der Waals surface area contributed by atoms with Crippen LogP contribution in [0.5, 0.6) is 5.75 Å². The highest BCUT2D eigenvalue weighted by Crippen LogP contribution is 2.20. The van der Waals surface area contributed by atoms with Crippen molar-refractivity contribution >= 4 is 12.0 Å². The molecule has 19 heavy (non-hydrogen) atoms. The number of aromatic hydroxyl groups is 1. The molecule has 1 heterocycles. The fourth-order valence-corrected chi connectivity index (χ4v) is 1.77. The molecule has 98 valence electrons. The van der Waals surface area contributed by atoms with E-state index in [9.17, 15) is 9.90 Å². The molecule has 0 aliphatic heterocycles. The van der Waals surface area contributed by atoms with Crippen molar-refractivity contribution in [1.29, 1.82) is 0 Å². The third-order valence-electron chi connectivity index (χ3n) is 2.54. The average molecular weight is 258 g/mol. The minimum Gasteiger partial charge on any atom is -0.508 e. The number of carboxylic acids is 1. The van der Waals surface area contributed by atoms with Gasteiger partial charge in [0.05, 0.1) is 17.6 Å². The standard InChI is InChI=1S/C14H14N2O3/c1-9(2)6-13-12(14(18)19)8-15-16(13)10-4-3-5-11(17)7-10/h3-8,17H,1-2H3,(H,18,19). The molecule has 0 bridgehead atoms. The van der Waals surface area contributed by atoms with Gasteiger partial charge < -0.3 is 10.2 Å². The minimum absolute atomic E-state index is 0.105. The summed E-state index contributed by atoms with van der Waals surface area (Å²) in [5.74, 6) is -0.924. The summed E-state index contributed by atoms with van der Waals surface area (Å²) in [4.78, 5) is 11.2. The van der Waals surface area contributed by atoms with E-state index >= 15 is 0 Å². The Balaban J connectivity index is 2.64. The molecule has 0 fully saturated rings. The van der Waals surface area contributed by atoms with Crippen LogP contribution in [0.4, 0.5) is 0 Å². The van der Waals surface area contributed by atoms with Crippen LogP contribution in [0.15, 0.2) is 36.0 Å². The topological polar surface area (TPSA) is 75.3 Å². The number of allylic oxidation sites excluding steroid dienone is 1. The van der Waals surface area contributed by atoms with Crippen molar-refractivity contribution in [3.05, 3.63) is 47.3 Å². The molecule has 5 heteroatoms. The lowest BCUT2D eigenvalue weighted by Crippen LogP contribution is -2.03. The van der Waals surface area contributed by atoms with Crippen molar-refractivity contribution in [2.75, 3.05) is 0 Å². The quantitative estimate of drug-likeness (QED) is 0.887. The first-order valence-corrected chi connectivity index (χ1v) is 5.74. The van der Waals surface area contributed by atoms with Crippen LogP contribution in [0.25, 0.3) is 11.8 Å². The molecule has 2 aromatic rings. The Hall–Kier alpha value is -2.56. The van der Waals surface area contributed by atoms with Crippen molar-refractivity contribution in [2.45, 2.75) is 13.8 Å². The third kappa shape index (κ3) is 2.65. The van der Waals surface area contributed by atoms with E-state index in [4.69, 9.17) is 5.11 Å². The average Bonchev–Trinajstić information content (AvgIpc) is 2.71. The number of phenolic OH excluding ortho intramolecular Hbond substituents is 1. The van der Waals surface area contributed by atoms with E-state index in [0.29, 0.717) is 11.4 Å². The number of rotatable bonds is 3. The van der Waals surface area contributed by atoms with Gasteiger partial charge in [0.1, 0.15) is 11.3 Å². The van der Waals surface area contributed by atoms with Crippen LogP contribution in [0.1, 0.15) is 29.9 Å². The largest absolute Gasteiger partial charge is 0.508 e. The zero-order valence-corrected chi connectivity index (χ0v) is 10.7. The van der Waals surface area contributed by atoms with E-state index in [-0.39, 0.29) is 11.3 Å². The summed E-state index contributed by atoms with van der Waals surface area (Å²) >= 11 is 0. The van der Waals surface area contributed by atoms with Crippen LogP contribution >= 0.6 is 0 Å². The number of hydrogen-bond donors (Lipinski definition) is 2. The number of carboxylic acid groups (broad SMARTS) is 1. The Morgan fingerprint density at radius 1 is 1.37 bits per heavy atom. The molecule has 0 spiro atoms. The third-order valence-corrected chi connectivity index (χ3v) is 2.54. The normalized spacial score (nSPS) is 10.2. The lowest BCUT2D eigenvalue weighted by atomic mass is 10.2. The van der Waals surface area contributed by atoms with Crippen LogP contribution in [-0.2, 0) is 0 Å². The molecule has 0 atom stereocenters. The number of carbonyl (C=O) groups is 1. The fourth-order valence-electron chi connectivity index (χ4n) is 1.77. The second-order valence-electron chi connectivity index (χ2n) is 4.40. The maximum absolute atomic E-state index is 11.2. The molecule has 0 unspecified atom stereocenters. The molecule has 1 aromatic heterocycles. The van der Waals surface area contributed by atoms with Crippen LogP contribution in [0, 0.1) is 0 Å². The molecule has 5 nitrogen and oxygen atoms in total. The van der Waals surface area contributed by atoms with Gasteiger partial charge in [-0.2, -0.15) is 5.10 Å². The van der Waals surface area contributed by atoms with Gasteiger partial charge in [0.25, 0.3) is 0 Å². The number of benzene rings is 1. The Bertz CT molecular complexity index is 652. The highest BCUT2D eigenvalue weighted by molar-refractivity contribution is 5.91. The maximum Gasteiger partial charge on any atom is 0.339 e. The summed E-state index contributed by atoms with van der Waals surface area (Å²) in [6, 6.07) is 6.51. The van der Waals surface area contributed by atoms with E-state index < -0.39 is 5.97 Å². The van der Waals surface area contributed by atoms with Gasteiger partial charge in [0.2, 0.25) is 0 Å². The Morgan fingerprint density at radius 2 is 2.11 bits per heavy atom. The number of phenols is 1. The van der Waals surface area contributed by atoms with E-state index in [1.54, 1.807) is 24.3 Å². The highest BCUT2D eigenvalue weighted by Gasteiger charge is 2.16. The van der Waals surface area contributed by atoms with Crippen LogP contribution < -0.4 is 0 Å². The molecule has 2 rings (SSSR count). The number of nitrogens with zero attached hydrogens (tertiary/aromatic N) is 2. The van der Waals surface area contributed by atoms with Gasteiger partial charge in [0.15, 0.2) is 0 Å². The summed E-state index contributed by atoms with van der Waals surface area (Å²) in [6.07, 6.45) is 3.06. The molecular formula is C14H14N2O3.